The number of ether oxygens (including phenoxy) is 4. The van der Waals surface area contributed by atoms with Crippen LogP contribution in [0.1, 0.15) is 82.8 Å². The van der Waals surface area contributed by atoms with Crippen molar-refractivity contribution in [1.82, 2.24) is 35.4 Å². The number of nitrogens with one attached hydrogen (secondary N) is 2. The highest BCUT2D eigenvalue weighted by molar-refractivity contribution is 6.01. The summed E-state index contributed by atoms with van der Waals surface area (Å²) in [6.07, 6.45) is 10.8. The van der Waals surface area contributed by atoms with E-state index in [0.29, 0.717) is 61.5 Å². The van der Waals surface area contributed by atoms with Gasteiger partial charge in [0.2, 0.25) is 5.88 Å². The molecule has 2 N–H and O–H groups in total. The van der Waals surface area contributed by atoms with E-state index in [0.717, 1.165) is 79.9 Å². The number of likely N-dealkylation sites (tertiary alicyclic amines) is 1. The summed E-state index contributed by atoms with van der Waals surface area (Å²) in [6, 6.07) is 3.01. The maximum Gasteiger partial charge on any atom is 0.407 e. The second-order valence-corrected chi connectivity index (χ2v) is 16.6. The average Bonchev–Trinajstić information content (AvgIpc) is 3.90. The van der Waals surface area contributed by atoms with Gasteiger partial charge >= 0.3 is 12.1 Å². The van der Waals surface area contributed by atoms with E-state index in [-0.39, 0.29) is 40.7 Å². The Morgan fingerprint density at radius 1 is 1.06 bits per heavy atom. The number of carbonyl (C=O) groups is 1. The minimum absolute atomic E-state index is 0.0500. The van der Waals surface area contributed by atoms with E-state index in [2.05, 4.69) is 34.3 Å². The summed E-state index contributed by atoms with van der Waals surface area (Å²) >= 11 is 0. The number of aromatic amines is 1. The van der Waals surface area contributed by atoms with Crippen molar-refractivity contribution in [2.75, 3.05) is 44.8 Å². The molecule has 4 aliphatic heterocycles. The first kappa shape index (κ1) is 35.4. The van der Waals surface area contributed by atoms with Gasteiger partial charge < -0.3 is 29.2 Å². The number of nitrogens with zero attached hydrogens (tertiary/aromatic N) is 6. The van der Waals surface area contributed by atoms with Crippen molar-refractivity contribution in [2.24, 2.45) is 5.41 Å². The van der Waals surface area contributed by atoms with Gasteiger partial charge in [0.15, 0.2) is 5.82 Å². The zero-order valence-corrected chi connectivity index (χ0v) is 32.0. The van der Waals surface area contributed by atoms with Crippen LogP contribution in [0.5, 0.6) is 11.9 Å². The number of aryl methyl sites for hydroxylation is 1. The lowest BCUT2D eigenvalue weighted by Crippen LogP contribution is -2.57. The third-order valence-corrected chi connectivity index (χ3v) is 13.1. The monoisotopic (exact) mass is 742 g/mol. The normalized spacial score (nSPS) is 30.2. The molecule has 1 amide bonds. The van der Waals surface area contributed by atoms with E-state index < -0.39 is 17.5 Å². The molecule has 5 aliphatic rings. The Hall–Kier alpha value is -4.30. The predicted molar refractivity (Wildman–Crippen MR) is 202 cm³/mol. The molecule has 1 spiro atoms. The van der Waals surface area contributed by atoms with Crippen LogP contribution < -0.4 is 19.7 Å². The molecule has 1 aliphatic carbocycles. The molecule has 14 heteroatoms. The zero-order valence-electron chi connectivity index (χ0n) is 32.0. The van der Waals surface area contributed by atoms with Crippen LogP contribution >= 0.6 is 0 Å². The summed E-state index contributed by atoms with van der Waals surface area (Å²) in [7, 11) is 1.53. The third kappa shape index (κ3) is 5.91. The molecule has 5 fully saturated rings. The summed E-state index contributed by atoms with van der Waals surface area (Å²) in [5.41, 5.74) is 2.71. The number of hydrogen-bond donors (Lipinski definition) is 2. The molecule has 0 bridgehead atoms. The maximum atomic E-state index is 17.4. The fourth-order valence-corrected chi connectivity index (χ4v) is 10.6. The van der Waals surface area contributed by atoms with Gasteiger partial charge in [0.1, 0.15) is 28.0 Å². The van der Waals surface area contributed by atoms with E-state index in [1.54, 1.807) is 6.20 Å². The first-order chi connectivity index (χ1) is 26.1. The Kier molecular flexibility index (Phi) is 8.83. The molecule has 4 aromatic rings. The van der Waals surface area contributed by atoms with Crippen molar-refractivity contribution in [3.05, 3.63) is 29.2 Å². The number of pyridine rings is 1. The molecule has 0 radical (unpaired) electrons. The second-order valence-electron chi connectivity index (χ2n) is 16.6. The number of fused-ring (bicyclic) bond motifs is 3. The fraction of sp³-hybridized carbons (Fsp3) is 0.625. The second kappa shape index (κ2) is 13.5. The van der Waals surface area contributed by atoms with Gasteiger partial charge in [-0.2, -0.15) is 15.1 Å². The van der Waals surface area contributed by atoms with Crippen molar-refractivity contribution >= 4 is 33.7 Å². The number of amides is 1. The van der Waals surface area contributed by atoms with Crippen LogP contribution in [0.3, 0.4) is 0 Å². The highest BCUT2D eigenvalue weighted by Gasteiger charge is 2.51. The molecule has 1 saturated carbocycles. The van der Waals surface area contributed by atoms with Crippen LogP contribution in [0.4, 0.5) is 15.0 Å². The standard InChI is InChI=1S/C40H51FN8O5/c1-22-15-28-27(18-43-47-28)30(25(22)4)33-32(41)34-31(36(44-33)51-5)35(48-13-8-12-40(20-48)19-42-38(50)54-40)46-37(45-34)52-21-39-10-6-9-29(39)49(14-7-11-39)26-16-23(2)53-24(3)17-26/h15,18,23-24,26,29H,6-14,16-17,19-21H2,1-5H3,(H,42,50)(H,43,47)/t23-,24+,26?,29?,39?,40-/m0/s1. The molecule has 4 saturated heterocycles. The number of anilines is 1. The van der Waals surface area contributed by atoms with Crippen LogP contribution in [0.25, 0.3) is 33.1 Å². The third-order valence-electron chi connectivity index (χ3n) is 13.1. The molecule has 6 atom stereocenters. The predicted octanol–water partition coefficient (Wildman–Crippen LogP) is 6.38. The van der Waals surface area contributed by atoms with Crippen molar-refractivity contribution in [3.63, 3.8) is 0 Å². The lowest BCUT2D eigenvalue weighted by molar-refractivity contribution is -0.0967. The van der Waals surface area contributed by atoms with Gasteiger partial charge in [0.05, 0.1) is 50.7 Å². The van der Waals surface area contributed by atoms with E-state index in [4.69, 9.17) is 33.9 Å². The number of carbonyl (C=O) groups excluding carboxylic acids is 1. The minimum atomic E-state index is -0.723. The van der Waals surface area contributed by atoms with Crippen LogP contribution in [-0.4, -0.2) is 106 Å². The number of hydrogen-bond acceptors (Lipinski definition) is 11. The summed E-state index contributed by atoms with van der Waals surface area (Å²) in [5, 5.41) is 11.2. The minimum Gasteiger partial charge on any atom is -0.480 e. The lowest BCUT2D eigenvalue weighted by atomic mass is 9.74. The number of alkyl carbamates (subject to hydrolysis) is 1. The Bertz CT molecular complexity index is 2100. The Morgan fingerprint density at radius 3 is 2.63 bits per heavy atom. The van der Waals surface area contributed by atoms with Gasteiger partial charge in [-0.3, -0.25) is 10.00 Å². The Labute approximate surface area is 314 Å². The van der Waals surface area contributed by atoms with Crippen molar-refractivity contribution < 1.29 is 28.1 Å². The molecule has 3 unspecified atom stereocenters. The maximum absolute atomic E-state index is 17.4. The SMILES string of the molecule is COc1nc(-c2c(C)c(C)cc3[nH]ncc23)c(F)c2nc(OCC34CCCC3N(C3C[C@@H](C)O[C@@H](C)C3)CCC4)nc(N3CCC[C@]4(CNC(=O)O4)C3)c12. The van der Waals surface area contributed by atoms with Crippen LogP contribution in [-0.2, 0) is 9.47 Å². The van der Waals surface area contributed by atoms with Gasteiger partial charge in [-0.1, -0.05) is 6.42 Å². The summed E-state index contributed by atoms with van der Waals surface area (Å²) < 4.78 is 42.1. The van der Waals surface area contributed by atoms with Crippen LogP contribution in [0.15, 0.2) is 12.3 Å². The lowest BCUT2D eigenvalue weighted by Gasteiger charge is -2.51. The zero-order chi connectivity index (χ0) is 37.4. The molecular formula is C40H51FN8O5. The topological polar surface area (TPSA) is 140 Å². The van der Waals surface area contributed by atoms with Gasteiger partial charge in [-0.05, 0) is 103 Å². The van der Waals surface area contributed by atoms with Crippen molar-refractivity contribution in [1.29, 1.82) is 0 Å². The van der Waals surface area contributed by atoms with Crippen molar-refractivity contribution in [3.8, 4) is 23.1 Å². The van der Waals surface area contributed by atoms with Gasteiger partial charge in [-0.15, -0.1) is 0 Å². The molecule has 13 nitrogen and oxygen atoms in total. The first-order valence-electron chi connectivity index (χ1n) is 19.7. The van der Waals surface area contributed by atoms with Crippen LogP contribution in [0.2, 0.25) is 0 Å². The first-order valence-corrected chi connectivity index (χ1v) is 19.7. The fourth-order valence-electron chi connectivity index (χ4n) is 10.6. The highest BCUT2D eigenvalue weighted by atomic mass is 19.1. The van der Waals surface area contributed by atoms with Gasteiger partial charge in [0.25, 0.3) is 0 Å². The summed E-state index contributed by atoms with van der Waals surface area (Å²) in [5.74, 6) is 0.0795. The smallest absolute Gasteiger partial charge is 0.407 e. The number of aromatic nitrogens is 5. The molecular weight excluding hydrogens is 691 g/mol. The number of rotatable bonds is 7. The molecule has 7 heterocycles. The van der Waals surface area contributed by atoms with Gasteiger partial charge in [0, 0.05) is 35.0 Å². The molecule has 1 aromatic carbocycles. The van der Waals surface area contributed by atoms with Crippen LogP contribution in [0, 0.1) is 25.1 Å². The summed E-state index contributed by atoms with van der Waals surface area (Å²) in [4.78, 5) is 31.8. The van der Waals surface area contributed by atoms with Crippen molar-refractivity contribution in [2.45, 2.75) is 115 Å². The van der Waals surface area contributed by atoms with E-state index in [1.165, 1.54) is 7.11 Å². The number of halogens is 1. The molecule has 54 heavy (non-hydrogen) atoms. The average molecular weight is 743 g/mol. The molecule has 288 valence electrons. The molecule has 9 rings (SSSR count). The van der Waals surface area contributed by atoms with E-state index in [1.807, 2.05) is 24.8 Å². The number of piperidine rings is 2. The number of methoxy groups -OCH3 is 1. The number of H-pyrrole nitrogens is 1. The van der Waals surface area contributed by atoms with E-state index >= 15 is 4.39 Å². The highest BCUT2D eigenvalue weighted by Crippen LogP contribution is 2.50. The van der Waals surface area contributed by atoms with Gasteiger partial charge in [-0.25, -0.2) is 14.2 Å². The quantitative estimate of drug-likeness (QED) is 0.218. The number of benzene rings is 1. The Balaban J connectivity index is 1.14. The van der Waals surface area contributed by atoms with E-state index in [9.17, 15) is 4.79 Å². The Morgan fingerprint density at radius 2 is 1.85 bits per heavy atom. The summed E-state index contributed by atoms with van der Waals surface area (Å²) in [6.45, 7) is 11.3. The molecule has 3 aromatic heterocycles. The largest absolute Gasteiger partial charge is 0.480 e.